The van der Waals surface area contributed by atoms with Crippen LogP contribution in [0, 0.1) is 6.92 Å². The highest BCUT2D eigenvalue weighted by Crippen LogP contribution is 2.62. The number of carbonyl (C=O) groups excluding carboxylic acids is 2. The van der Waals surface area contributed by atoms with Crippen molar-refractivity contribution in [3.63, 3.8) is 0 Å². The highest BCUT2D eigenvalue weighted by Gasteiger charge is 2.69. The summed E-state index contributed by atoms with van der Waals surface area (Å²) in [4.78, 5) is 37.8. The number of phenolic OH excluding ortho intramolecular Hbond substituents is 1. The molecule has 11 nitrogen and oxygen atoms in total. The molecule has 0 saturated carbocycles. The maximum atomic E-state index is 12.9. The van der Waals surface area contributed by atoms with Crippen LogP contribution in [-0.4, -0.2) is 81.6 Å². The predicted molar refractivity (Wildman–Crippen MR) is 125 cm³/mol. The quantitative estimate of drug-likeness (QED) is 0.403. The van der Waals surface area contributed by atoms with E-state index >= 15 is 0 Å². The number of nitrogens with zero attached hydrogens (tertiary/aromatic N) is 1. The highest BCUT2D eigenvalue weighted by molar-refractivity contribution is 5.85. The summed E-state index contributed by atoms with van der Waals surface area (Å²) in [6, 6.07) is 1.60. The molecule has 1 aromatic carbocycles. The molecular weight excluding hydrogens is 472 g/mol. The SMILES string of the molecule is Cc1ccc(O)c2c1[C@]13CCN(C)[C@H](C)[C@]1(O)CC=C(OC(=O)[C@H](C)OC(=O)[C@@H](N)CC(=O)O)[C@@H]3O2. The van der Waals surface area contributed by atoms with Crippen LogP contribution in [-0.2, 0) is 29.3 Å². The molecule has 5 N–H and O–H groups in total. The second-order valence-electron chi connectivity index (χ2n) is 9.92. The lowest BCUT2D eigenvalue weighted by molar-refractivity contribution is -0.172. The van der Waals surface area contributed by atoms with E-state index in [9.17, 15) is 24.6 Å². The third-order valence-electron chi connectivity index (χ3n) is 7.87. The Morgan fingerprint density at radius 3 is 2.67 bits per heavy atom. The van der Waals surface area contributed by atoms with E-state index in [0.29, 0.717) is 18.5 Å². The first-order valence-corrected chi connectivity index (χ1v) is 11.9. The molecule has 1 saturated heterocycles. The summed E-state index contributed by atoms with van der Waals surface area (Å²) in [7, 11) is 1.93. The zero-order chi connectivity index (χ0) is 26.6. The lowest BCUT2D eigenvalue weighted by atomic mass is 9.54. The second kappa shape index (κ2) is 9.06. The van der Waals surface area contributed by atoms with Crippen molar-refractivity contribution in [1.29, 1.82) is 0 Å². The molecule has 0 aromatic heterocycles. The van der Waals surface area contributed by atoms with Crippen LogP contribution < -0.4 is 10.5 Å². The Morgan fingerprint density at radius 2 is 2.00 bits per heavy atom. The number of aliphatic carboxylic acids is 1. The lowest BCUT2D eigenvalue weighted by Gasteiger charge is -2.58. The number of likely N-dealkylation sites (N-methyl/N-ethyl adjacent to an activating group) is 1. The van der Waals surface area contributed by atoms with Gasteiger partial charge in [0, 0.05) is 18.0 Å². The van der Waals surface area contributed by atoms with Gasteiger partial charge in [-0.05, 0) is 58.5 Å². The molecule has 2 aliphatic heterocycles. The molecule has 1 aromatic rings. The van der Waals surface area contributed by atoms with Gasteiger partial charge in [-0.15, -0.1) is 0 Å². The molecule has 1 fully saturated rings. The molecule has 6 atom stereocenters. The molecule has 36 heavy (non-hydrogen) atoms. The molecule has 0 unspecified atom stereocenters. The van der Waals surface area contributed by atoms with Crippen molar-refractivity contribution in [2.24, 2.45) is 5.73 Å². The van der Waals surface area contributed by atoms with Gasteiger partial charge in [0.05, 0.1) is 17.4 Å². The van der Waals surface area contributed by atoms with Crippen LogP contribution in [0.4, 0.5) is 0 Å². The molecule has 196 valence electrons. The van der Waals surface area contributed by atoms with Gasteiger partial charge in [0.2, 0.25) is 0 Å². The first-order valence-electron chi connectivity index (χ1n) is 11.9. The number of aromatic hydroxyl groups is 1. The van der Waals surface area contributed by atoms with E-state index in [0.717, 1.165) is 5.56 Å². The first-order chi connectivity index (χ1) is 16.8. The van der Waals surface area contributed by atoms with E-state index in [1.807, 2.05) is 20.9 Å². The third kappa shape index (κ3) is 3.82. The Labute approximate surface area is 208 Å². The first kappa shape index (κ1) is 25.9. The van der Waals surface area contributed by atoms with Gasteiger partial charge in [0.15, 0.2) is 23.7 Å². The number of phenols is 1. The van der Waals surface area contributed by atoms with E-state index < -0.39 is 53.6 Å². The van der Waals surface area contributed by atoms with Crippen LogP contribution in [0.1, 0.15) is 44.2 Å². The highest BCUT2D eigenvalue weighted by atomic mass is 16.6. The zero-order valence-corrected chi connectivity index (χ0v) is 20.7. The number of carboxylic acid groups (broad SMARTS) is 1. The van der Waals surface area contributed by atoms with Crippen LogP contribution in [0.25, 0.3) is 0 Å². The van der Waals surface area contributed by atoms with E-state index in [-0.39, 0.29) is 29.7 Å². The van der Waals surface area contributed by atoms with Gasteiger partial charge in [-0.3, -0.25) is 9.59 Å². The third-order valence-corrected chi connectivity index (χ3v) is 7.87. The minimum atomic E-state index is -1.43. The average Bonchev–Trinajstić information content (AvgIpc) is 3.18. The van der Waals surface area contributed by atoms with Gasteiger partial charge < -0.3 is 40.2 Å². The number of nitrogens with two attached hydrogens (primary N) is 1. The molecule has 0 radical (unpaired) electrons. The van der Waals surface area contributed by atoms with Gasteiger partial charge >= 0.3 is 17.9 Å². The molecule has 2 heterocycles. The van der Waals surface area contributed by atoms with Crippen LogP contribution in [0.2, 0.25) is 0 Å². The topological polar surface area (TPSA) is 169 Å². The van der Waals surface area contributed by atoms with Crippen molar-refractivity contribution in [2.75, 3.05) is 13.6 Å². The van der Waals surface area contributed by atoms with Crippen molar-refractivity contribution >= 4 is 17.9 Å². The number of benzene rings is 1. The second-order valence-corrected chi connectivity index (χ2v) is 9.92. The molecule has 1 aliphatic carbocycles. The fourth-order valence-electron chi connectivity index (χ4n) is 5.79. The molecule has 1 spiro atoms. The van der Waals surface area contributed by atoms with Crippen LogP contribution in [0.3, 0.4) is 0 Å². The minimum absolute atomic E-state index is 0.0753. The number of aliphatic hydroxyl groups is 1. The molecule has 3 aliphatic rings. The van der Waals surface area contributed by atoms with E-state index in [1.54, 1.807) is 12.1 Å². The number of hydrogen-bond acceptors (Lipinski definition) is 10. The van der Waals surface area contributed by atoms with Crippen molar-refractivity contribution in [2.45, 2.75) is 75.3 Å². The monoisotopic (exact) mass is 504 g/mol. The molecule has 0 amide bonds. The standard InChI is InChI=1S/C25H32N2O9/c1-12-5-6-16(28)20-19(12)24-9-10-27(4)14(3)25(24,33)8-7-17(21(24)36-20)35-22(31)13(2)34-23(32)15(26)11-18(29)30/h5-7,13-15,21,28,33H,8-11,26H2,1-4H3,(H,29,30)/t13-,14+,15-,21-,24-,25+/m0/s1. The average molecular weight is 505 g/mol. The fraction of sp³-hybridized carbons (Fsp3) is 0.560. The molecular formula is C25H32N2O9. The predicted octanol–water partition coefficient (Wildman–Crippen LogP) is 0.719. The fourth-order valence-corrected chi connectivity index (χ4v) is 5.79. The van der Waals surface area contributed by atoms with Crippen molar-refractivity contribution in [3.8, 4) is 11.5 Å². The summed E-state index contributed by atoms with van der Waals surface area (Å²) in [5, 5.41) is 31.6. The summed E-state index contributed by atoms with van der Waals surface area (Å²) in [6.07, 6.45) is -0.681. The summed E-state index contributed by atoms with van der Waals surface area (Å²) >= 11 is 0. The van der Waals surface area contributed by atoms with Crippen molar-refractivity contribution < 1.29 is 43.9 Å². The Hall–Kier alpha value is -3.15. The number of hydrogen-bond donors (Lipinski definition) is 4. The van der Waals surface area contributed by atoms with Crippen LogP contribution >= 0.6 is 0 Å². The Morgan fingerprint density at radius 1 is 1.31 bits per heavy atom. The smallest absolute Gasteiger partial charge is 0.352 e. The number of ether oxygens (including phenoxy) is 3. The summed E-state index contributed by atoms with van der Waals surface area (Å²) < 4.78 is 16.9. The molecule has 0 bridgehead atoms. The Kier molecular flexibility index (Phi) is 6.52. The van der Waals surface area contributed by atoms with Gasteiger partial charge in [0.1, 0.15) is 11.8 Å². The minimum Gasteiger partial charge on any atom is -0.504 e. The van der Waals surface area contributed by atoms with Gasteiger partial charge in [-0.1, -0.05) is 6.07 Å². The van der Waals surface area contributed by atoms with E-state index in [1.165, 1.54) is 13.0 Å². The Balaban J connectivity index is 1.65. The van der Waals surface area contributed by atoms with Crippen molar-refractivity contribution in [1.82, 2.24) is 4.90 Å². The molecule has 4 rings (SSSR count). The van der Waals surface area contributed by atoms with Crippen molar-refractivity contribution in [3.05, 3.63) is 35.1 Å². The van der Waals surface area contributed by atoms with E-state index in [2.05, 4.69) is 4.90 Å². The molecule has 11 heteroatoms. The zero-order valence-electron chi connectivity index (χ0n) is 20.7. The number of rotatable bonds is 6. The maximum absolute atomic E-state index is 12.9. The van der Waals surface area contributed by atoms with Crippen LogP contribution in [0.5, 0.6) is 11.5 Å². The summed E-state index contributed by atoms with van der Waals surface area (Å²) in [5.74, 6) is -2.90. The summed E-state index contributed by atoms with van der Waals surface area (Å²) in [5.41, 5.74) is 4.76. The number of carboxylic acids is 1. The largest absolute Gasteiger partial charge is 0.504 e. The van der Waals surface area contributed by atoms with Gasteiger partial charge in [-0.2, -0.15) is 0 Å². The number of esters is 2. The lowest BCUT2D eigenvalue weighted by Crippen LogP contribution is -2.71. The van der Waals surface area contributed by atoms with Gasteiger partial charge in [-0.25, -0.2) is 4.79 Å². The number of carbonyl (C=O) groups is 3. The van der Waals surface area contributed by atoms with Crippen LogP contribution in [0.15, 0.2) is 24.0 Å². The normalized spacial score (nSPS) is 30.6. The Bertz CT molecular complexity index is 1130. The summed E-state index contributed by atoms with van der Waals surface area (Å²) in [6.45, 7) is 5.74. The van der Waals surface area contributed by atoms with E-state index in [4.69, 9.17) is 25.1 Å². The maximum Gasteiger partial charge on any atom is 0.352 e. The van der Waals surface area contributed by atoms with Gasteiger partial charge in [0.25, 0.3) is 0 Å². The number of piperidine rings is 1. The number of fused-ring (bicyclic) bond motifs is 1. The number of likely N-dealkylation sites (tertiary alicyclic amines) is 1. The number of aryl methyl sites for hydroxylation is 1.